The van der Waals surface area contributed by atoms with Crippen LogP contribution in [-0.2, 0) is 17.6 Å². The molecule has 6 nitrogen and oxygen atoms in total. The van der Waals surface area contributed by atoms with E-state index in [1.165, 1.54) is 29.1 Å². The highest BCUT2D eigenvalue weighted by atomic mass is 32.1. The fraction of sp³-hybridized carbons (Fsp3) is 0.455. The molecule has 30 heavy (non-hydrogen) atoms. The molecule has 2 heterocycles. The zero-order valence-electron chi connectivity index (χ0n) is 17.5. The smallest absolute Gasteiger partial charge is 0.279 e. The second kappa shape index (κ2) is 7.58. The van der Waals surface area contributed by atoms with Crippen LogP contribution in [0.3, 0.4) is 0 Å². The second-order valence-corrected chi connectivity index (χ2v) is 10.1. The van der Waals surface area contributed by atoms with Crippen LogP contribution in [0.15, 0.2) is 29.1 Å². The molecule has 1 amide bonds. The van der Waals surface area contributed by atoms with Crippen molar-refractivity contribution in [1.29, 1.82) is 0 Å². The largest absolute Gasteiger partial charge is 0.324 e. The molecule has 4 rings (SSSR count). The van der Waals surface area contributed by atoms with E-state index >= 15 is 0 Å². The summed E-state index contributed by atoms with van der Waals surface area (Å²) < 4.78 is 14.2. The van der Waals surface area contributed by atoms with Crippen LogP contribution in [0.25, 0.3) is 10.2 Å². The summed E-state index contributed by atoms with van der Waals surface area (Å²) in [4.78, 5) is 27.7. The van der Waals surface area contributed by atoms with Crippen molar-refractivity contribution >= 4 is 33.1 Å². The first kappa shape index (κ1) is 20.7. The lowest BCUT2D eigenvalue weighted by atomic mass is 9.72. The zero-order chi connectivity index (χ0) is 21.6. The van der Waals surface area contributed by atoms with Gasteiger partial charge in [0.15, 0.2) is 4.83 Å². The number of hydrogen-bond donors (Lipinski definition) is 1. The van der Waals surface area contributed by atoms with Gasteiger partial charge in [-0.2, -0.15) is 4.68 Å². The van der Waals surface area contributed by atoms with E-state index in [2.05, 4.69) is 36.4 Å². The van der Waals surface area contributed by atoms with Gasteiger partial charge in [-0.05, 0) is 67.3 Å². The van der Waals surface area contributed by atoms with Crippen molar-refractivity contribution in [1.82, 2.24) is 15.0 Å². The molecule has 0 aliphatic heterocycles. The predicted molar refractivity (Wildman–Crippen MR) is 116 cm³/mol. The number of aryl methyl sites for hydroxylation is 1. The molecular weight excluding hydrogens is 403 g/mol. The number of hydrogen-bond acceptors (Lipinski definition) is 5. The average molecular weight is 429 g/mol. The van der Waals surface area contributed by atoms with Gasteiger partial charge < -0.3 is 5.32 Å². The van der Waals surface area contributed by atoms with Gasteiger partial charge in [-0.1, -0.05) is 26.0 Å². The Bertz CT molecular complexity index is 1160. The minimum absolute atomic E-state index is 0.215. The van der Waals surface area contributed by atoms with Crippen LogP contribution in [0, 0.1) is 17.2 Å². The molecule has 0 saturated carbocycles. The van der Waals surface area contributed by atoms with Gasteiger partial charge in [0.2, 0.25) is 5.91 Å². The fourth-order valence-electron chi connectivity index (χ4n) is 3.99. The van der Waals surface area contributed by atoms with Crippen LogP contribution in [-0.4, -0.2) is 20.9 Å². The Morgan fingerprint density at radius 1 is 1.30 bits per heavy atom. The molecule has 1 aromatic carbocycles. The molecule has 0 spiro atoms. The maximum Gasteiger partial charge on any atom is 0.279 e. The van der Waals surface area contributed by atoms with Crippen molar-refractivity contribution in [2.45, 2.75) is 53.0 Å². The van der Waals surface area contributed by atoms with Gasteiger partial charge in [-0.15, -0.1) is 16.4 Å². The Kier molecular flexibility index (Phi) is 5.22. The summed E-state index contributed by atoms with van der Waals surface area (Å²) in [6, 6.07) is 4.62. The Morgan fingerprint density at radius 2 is 2.00 bits per heavy atom. The number of carbonyl (C=O) groups is 1. The highest BCUT2D eigenvalue weighted by Crippen LogP contribution is 2.41. The molecule has 0 fully saturated rings. The van der Waals surface area contributed by atoms with Crippen LogP contribution < -0.4 is 10.9 Å². The third-order valence-corrected chi connectivity index (χ3v) is 7.12. The van der Waals surface area contributed by atoms with Gasteiger partial charge >= 0.3 is 0 Å². The normalized spacial score (nSPS) is 17.6. The minimum Gasteiger partial charge on any atom is -0.324 e. The number of nitrogens with zero attached hydrogens (tertiary/aromatic N) is 3. The summed E-state index contributed by atoms with van der Waals surface area (Å²) in [7, 11) is 0. The number of thiophene rings is 1. The quantitative estimate of drug-likeness (QED) is 0.673. The van der Waals surface area contributed by atoms with Gasteiger partial charge in [0.05, 0.1) is 5.39 Å². The highest BCUT2D eigenvalue weighted by molar-refractivity contribution is 7.18. The first-order chi connectivity index (χ1) is 14.1. The number of rotatable bonds is 3. The molecular formula is C22H25FN4O2S. The maximum absolute atomic E-state index is 13.2. The van der Waals surface area contributed by atoms with Crippen LogP contribution in [0.4, 0.5) is 10.1 Å². The fourth-order valence-corrected chi connectivity index (χ4v) is 5.23. The topological polar surface area (TPSA) is 76.9 Å². The van der Waals surface area contributed by atoms with Crippen LogP contribution in [0.1, 0.15) is 50.6 Å². The predicted octanol–water partition coefficient (Wildman–Crippen LogP) is 4.34. The minimum atomic E-state index is -0.846. The molecule has 158 valence electrons. The van der Waals surface area contributed by atoms with Crippen molar-refractivity contribution in [3.8, 4) is 0 Å². The molecule has 1 N–H and O–H groups in total. The highest BCUT2D eigenvalue weighted by Gasteiger charge is 2.32. The van der Waals surface area contributed by atoms with Crippen LogP contribution in [0.2, 0.25) is 0 Å². The Hall–Kier alpha value is -2.61. The molecule has 2 aromatic heterocycles. The lowest BCUT2D eigenvalue weighted by molar-refractivity contribution is -0.119. The lowest BCUT2D eigenvalue weighted by Crippen LogP contribution is -2.34. The summed E-state index contributed by atoms with van der Waals surface area (Å²) in [6.45, 7) is 8.37. The van der Waals surface area contributed by atoms with Gasteiger partial charge in [-0.3, -0.25) is 9.59 Å². The third-order valence-electron chi connectivity index (χ3n) is 5.98. The number of aromatic nitrogens is 3. The van der Waals surface area contributed by atoms with Gasteiger partial charge in [0.1, 0.15) is 11.9 Å². The second-order valence-electron chi connectivity index (χ2n) is 9.00. The zero-order valence-corrected chi connectivity index (χ0v) is 18.3. The van der Waals surface area contributed by atoms with Crippen molar-refractivity contribution in [2.24, 2.45) is 11.3 Å². The molecule has 2 atom stereocenters. The Morgan fingerprint density at radius 3 is 2.67 bits per heavy atom. The van der Waals surface area contributed by atoms with Crippen molar-refractivity contribution < 1.29 is 9.18 Å². The number of benzene rings is 1. The van der Waals surface area contributed by atoms with E-state index in [1.54, 1.807) is 18.3 Å². The Balaban J connectivity index is 1.64. The average Bonchev–Trinajstić information content (AvgIpc) is 3.07. The number of nitrogens with one attached hydrogen (secondary N) is 1. The van der Waals surface area contributed by atoms with Gasteiger partial charge in [0, 0.05) is 10.6 Å². The summed E-state index contributed by atoms with van der Waals surface area (Å²) in [6.07, 6.45) is 2.82. The van der Waals surface area contributed by atoms with Crippen molar-refractivity contribution in [2.75, 3.05) is 5.32 Å². The van der Waals surface area contributed by atoms with Gasteiger partial charge in [0.25, 0.3) is 5.56 Å². The summed E-state index contributed by atoms with van der Waals surface area (Å²) in [5.74, 6) is -0.229. The molecule has 1 aliphatic carbocycles. The van der Waals surface area contributed by atoms with Crippen molar-refractivity contribution in [3.05, 3.63) is 50.9 Å². The molecule has 2 unspecified atom stereocenters. The van der Waals surface area contributed by atoms with Gasteiger partial charge in [-0.25, -0.2) is 4.39 Å². The van der Waals surface area contributed by atoms with Crippen LogP contribution in [0.5, 0.6) is 0 Å². The van der Waals surface area contributed by atoms with E-state index < -0.39 is 11.9 Å². The van der Waals surface area contributed by atoms with E-state index in [9.17, 15) is 14.0 Å². The number of halogens is 1. The Labute approximate surface area is 178 Å². The lowest BCUT2D eigenvalue weighted by Gasteiger charge is -2.33. The summed E-state index contributed by atoms with van der Waals surface area (Å²) >= 11 is 1.54. The first-order valence-corrected chi connectivity index (χ1v) is 10.9. The number of anilines is 1. The van der Waals surface area contributed by atoms with E-state index in [0.29, 0.717) is 21.8 Å². The maximum atomic E-state index is 13.2. The molecule has 8 heteroatoms. The van der Waals surface area contributed by atoms with E-state index in [1.807, 2.05) is 0 Å². The number of fused-ring (bicyclic) bond motifs is 3. The number of amides is 1. The SMILES string of the molecule is CC(C(=O)Nc1ccc(F)cc1)n1nnc2sc3c(c2c1=O)CCC(C(C)(C)C)C3. The summed E-state index contributed by atoms with van der Waals surface area (Å²) in [5, 5.41) is 11.6. The monoisotopic (exact) mass is 428 g/mol. The molecule has 0 bridgehead atoms. The molecule has 0 radical (unpaired) electrons. The summed E-state index contributed by atoms with van der Waals surface area (Å²) in [5.41, 5.74) is 1.45. The third kappa shape index (κ3) is 3.76. The van der Waals surface area contributed by atoms with E-state index in [4.69, 9.17) is 0 Å². The van der Waals surface area contributed by atoms with Crippen molar-refractivity contribution in [3.63, 3.8) is 0 Å². The van der Waals surface area contributed by atoms with E-state index in [-0.39, 0.29) is 16.8 Å². The molecule has 3 aromatic rings. The van der Waals surface area contributed by atoms with E-state index in [0.717, 1.165) is 29.5 Å². The molecule has 0 saturated heterocycles. The molecule has 1 aliphatic rings. The first-order valence-electron chi connectivity index (χ1n) is 10.1. The number of carbonyl (C=O) groups excluding carboxylic acids is 1. The van der Waals surface area contributed by atoms with Crippen LogP contribution >= 0.6 is 11.3 Å². The standard InChI is InChI=1S/C22H25FN4O2S/c1-12(19(28)24-15-8-6-14(23)7-9-15)27-21(29)18-16-10-5-13(22(2,3)4)11-17(16)30-20(18)25-26-27/h6-9,12-13H,5,10-11H2,1-4H3,(H,24,28).